The van der Waals surface area contributed by atoms with E-state index in [0.29, 0.717) is 0 Å². The van der Waals surface area contributed by atoms with Crippen molar-refractivity contribution in [1.82, 2.24) is 5.32 Å². The Morgan fingerprint density at radius 1 is 1.33 bits per heavy atom. The van der Waals surface area contributed by atoms with Crippen LogP contribution in [0.2, 0.25) is 0 Å². The van der Waals surface area contributed by atoms with Crippen molar-refractivity contribution in [2.75, 3.05) is 5.73 Å². The van der Waals surface area contributed by atoms with Crippen LogP contribution in [0.5, 0.6) is 0 Å². The minimum absolute atomic E-state index is 0.00647. The molecule has 1 aromatic carbocycles. The average Bonchev–Trinajstić information content (AvgIpc) is 2.90. The van der Waals surface area contributed by atoms with Crippen molar-refractivity contribution in [2.45, 2.75) is 44.8 Å². The first-order valence-corrected chi connectivity index (χ1v) is 7.03. The zero-order valence-corrected chi connectivity index (χ0v) is 11.9. The zero-order chi connectivity index (χ0) is 15.4. The van der Waals surface area contributed by atoms with Crippen LogP contribution in [0.15, 0.2) is 18.2 Å². The van der Waals surface area contributed by atoms with Crippen LogP contribution in [0.3, 0.4) is 0 Å². The lowest BCUT2D eigenvalue weighted by atomic mass is 10.2. The van der Waals surface area contributed by atoms with Gasteiger partial charge in [0, 0.05) is 11.7 Å². The Kier molecular flexibility index (Phi) is 4.77. The van der Waals surface area contributed by atoms with E-state index in [-0.39, 0.29) is 23.2 Å². The predicted octanol–water partition coefficient (Wildman–Crippen LogP) is 2.01. The number of nitrogens with one attached hydrogen (secondary N) is 1. The Hall–Kier alpha value is -2.11. The highest BCUT2D eigenvalue weighted by atomic mass is 19.1. The van der Waals surface area contributed by atoms with Crippen LogP contribution in [-0.2, 0) is 9.53 Å². The number of halogens is 1. The second-order valence-electron chi connectivity index (χ2n) is 5.31. The first kappa shape index (κ1) is 15.3. The van der Waals surface area contributed by atoms with E-state index < -0.39 is 17.9 Å². The lowest BCUT2D eigenvalue weighted by Crippen LogP contribution is -2.40. The number of amides is 1. The number of esters is 1. The van der Waals surface area contributed by atoms with E-state index in [9.17, 15) is 14.0 Å². The van der Waals surface area contributed by atoms with Gasteiger partial charge in [0.2, 0.25) is 0 Å². The highest BCUT2D eigenvalue weighted by molar-refractivity contribution is 5.93. The summed E-state index contributed by atoms with van der Waals surface area (Å²) in [5.74, 6) is -1.72. The van der Waals surface area contributed by atoms with Gasteiger partial charge in [-0.1, -0.05) is 12.8 Å². The van der Waals surface area contributed by atoms with E-state index in [2.05, 4.69) is 5.32 Å². The summed E-state index contributed by atoms with van der Waals surface area (Å²) in [5, 5.41) is 2.84. The van der Waals surface area contributed by atoms with Crippen LogP contribution in [0.4, 0.5) is 10.1 Å². The molecule has 0 radical (unpaired) electrons. The largest absolute Gasteiger partial charge is 0.449 e. The van der Waals surface area contributed by atoms with Gasteiger partial charge in [0.05, 0.1) is 5.56 Å². The van der Waals surface area contributed by atoms with Crippen molar-refractivity contribution < 1.29 is 18.7 Å². The number of anilines is 1. The summed E-state index contributed by atoms with van der Waals surface area (Å²) in [6.07, 6.45) is 3.17. The number of ether oxygens (including phenoxy) is 1. The highest BCUT2D eigenvalue weighted by Crippen LogP contribution is 2.18. The molecule has 21 heavy (non-hydrogen) atoms. The summed E-state index contributed by atoms with van der Waals surface area (Å²) in [6.45, 7) is 1.49. The average molecular weight is 294 g/mol. The van der Waals surface area contributed by atoms with Gasteiger partial charge < -0.3 is 15.8 Å². The third kappa shape index (κ3) is 4.18. The van der Waals surface area contributed by atoms with Crippen LogP contribution in [-0.4, -0.2) is 24.0 Å². The first-order valence-electron chi connectivity index (χ1n) is 7.03. The number of carbonyl (C=O) groups is 2. The summed E-state index contributed by atoms with van der Waals surface area (Å²) >= 11 is 0. The molecule has 1 atom stereocenters. The lowest BCUT2D eigenvalue weighted by Gasteiger charge is -2.17. The molecule has 1 amide bonds. The number of nitrogen functional groups attached to an aromatic ring is 1. The lowest BCUT2D eigenvalue weighted by molar-refractivity contribution is -0.129. The fourth-order valence-electron chi connectivity index (χ4n) is 2.40. The third-order valence-electron chi connectivity index (χ3n) is 3.51. The summed E-state index contributed by atoms with van der Waals surface area (Å²) < 4.78 is 18.2. The predicted molar refractivity (Wildman–Crippen MR) is 76.1 cm³/mol. The number of hydrogen-bond acceptors (Lipinski definition) is 4. The number of hydrogen-bond donors (Lipinski definition) is 2. The molecule has 1 aliphatic rings. The second kappa shape index (κ2) is 6.56. The van der Waals surface area contributed by atoms with Gasteiger partial charge in [-0.2, -0.15) is 0 Å². The molecule has 3 N–H and O–H groups in total. The van der Waals surface area contributed by atoms with Crippen LogP contribution in [0.25, 0.3) is 0 Å². The molecule has 1 fully saturated rings. The van der Waals surface area contributed by atoms with Crippen LogP contribution < -0.4 is 11.1 Å². The highest BCUT2D eigenvalue weighted by Gasteiger charge is 2.23. The molecule has 0 bridgehead atoms. The Morgan fingerprint density at radius 2 is 2.00 bits per heavy atom. The molecular formula is C15H19FN2O3. The molecule has 0 aliphatic heterocycles. The van der Waals surface area contributed by atoms with Gasteiger partial charge in [-0.25, -0.2) is 9.18 Å². The number of benzene rings is 1. The molecule has 2 rings (SSSR count). The molecule has 0 saturated heterocycles. The van der Waals surface area contributed by atoms with E-state index in [1.807, 2.05) is 0 Å². The van der Waals surface area contributed by atoms with Gasteiger partial charge in [-0.15, -0.1) is 0 Å². The van der Waals surface area contributed by atoms with E-state index >= 15 is 0 Å². The standard InChI is InChI=1S/C15H19FN2O3/c1-9(14(19)18-13-4-2-3-5-13)21-15(20)10-6-11(16)8-12(17)7-10/h6-9,13H,2-5,17H2,1H3,(H,18,19). The third-order valence-corrected chi connectivity index (χ3v) is 3.51. The van der Waals surface area contributed by atoms with Crippen molar-refractivity contribution >= 4 is 17.6 Å². The second-order valence-corrected chi connectivity index (χ2v) is 5.31. The van der Waals surface area contributed by atoms with Crippen LogP contribution in [0.1, 0.15) is 43.0 Å². The minimum atomic E-state index is -0.928. The van der Waals surface area contributed by atoms with Crippen molar-refractivity contribution in [3.05, 3.63) is 29.6 Å². The maximum absolute atomic E-state index is 13.2. The molecule has 0 aromatic heterocycles. The fraction of sp³-hybridized carbons (Fsp3) is 0.467. The summed E-state index contributed by atoms with van der Waals surface area (Å²) in [7, 11) is 0. The van der Waals surface area contributed by atoms with Crippen LogP contribution >= 0.6 is 0 Å². The van der Waals surface area contributed by atoms with Crippen molar-refractivity contribution in [2.24, 2.45) is 0 Å². The van der Waals surface area contributed by atoms with Crippen LogP contribution in [0, 0.1) is 5.82 Å². The van der Waals surface area contributed by atoms with Gasteiger partial charge in [-0.3, -0.25) is 4.79 Å². The Bertz CT molecular complexity index is 521. The van der Waals surface area contributed by atoms with Gasteiger partial charge in [-0.05, 0) is 38.0 Å². The normalized spacial score (nSPS) is 16.5. The first-order chi connectivity index (χ1) is 9.95. The molecular weight excluding hydrogens is 275 g/mol. The molecule has 1 aliphatic carbocycles. The number of nitrogens with two attached hydrogens (primary N) is 1. The Morgan fingerprint density at radius 3 is 2.62 bits per heavy atom. The van der Waals surface area contributed by atoms with Gasteiger partial charge >= 0.3 is 5.97 Å². The summed E-state index contributed by atoms with van der Waals surface area (Å²) in [5.41, 5.74) is 5.59. The van der Waals surface area contributed by atoms with Gasteiger partial charge in [0.1, 0.15) is 5.82 Å². The molecule has 1 saturated carbocycles. The SMILES string of the molecule is CC(OC(=O)c1cc(N)cc(F)c1)C(=O)NC1CCCC1. The Labute approximate surface area is 122 Å². The topological polar surface area (TPSA) is 81.4 Å². The van der Waals surface area contributed by atoms with E-state index in [4.69, 9.17) is 10.5 Å². The van der Waals surface area contributed by atoms with Crippen molar-refractivity contribution in [1.29, 1.82) is 0 Å². The fourth-order valence-corrected chi connectivity index (χ4v) is 2.40. The smallest absolute Gasteiger partial charge is 0.339 e. The monoisotopic (exact) mass is 294 g/mol. The number of rotatable bonds is 4. The molecule has 0 spiro atoms. The summed E-state index contributed by atoms with van der Waals surface area (Å²) in [4.78, 5) is 23.8. The van der Waals surface area contributed by atoms with E-state index in [1.165, 1.54) is 13.0 Å². The van der Waals surface area contributed by atoms with Gasteiger partial charge in [0.25, 0.3) is 5.91 Å². The molecule has 114 valence electrons. The van der Waals surface area contributed by atoms with Gasteiger partial charge in [0.15, 0.2) is 6.10 Å². The molecule has 0 heterocycles. The maximum atomic E-state index is 13.2. The quantitative estimate of drug-likeness (QED) is 0.657. The summed E-state index contributed by atoms with van der Waals surface area (Å²) in [6, 6.07) is 3.60. The maximum Gasteiger partial charge on any atom is 0.339 e. The Balaban J connectivity index is 1.93. The molecule has 5 nitrogen and oxygen atoms in total. The van der Waals surface area contributed by atoms with E-state index in [1.54, 1.807) is 0 Å². The van der Waals surface area contributed by atoms with Crippen molar-refractivity contribution in [3.63, 3.8) is 0 Å². The van der Waals surface area contributed by atoms with Crippen molar-refractivity contribution in [3.8, 4) is 0 Å². The van der Waals surface area contributed by atoms with E-state index in [0.717, 1.165) is 37.8 Å². The molecule has 6 heteroatoms. The zero-order valence-electron chi connectivity index (χ0n) is 11.9. The number of carbonyl (C=O) groups excluding carboxylic acids is 2. The molecule has 1 aromatic rings. The minimum Gasteiger partial charge on any atom is -0.449 e. The molecule has 1 unspecified atom stereocenters.